The summed E-state index contributed by atoms with van der Waals surface area (Å²) < 4.78 is 42.8. The predicted molar refractivity (Wildman–Crippen MR) is 112 cm³/mol. The van der Waals surface area contributed by atoms with Crippen molar-refractivity contribution in [2.24, 2.45) is 0 Å². The first-order valence-corrected chi connectivity index (χ1v) is 11.5. The van der Waals surface area contributed by atoms with Gasteiger partial charge in [-0.15, -0.1) is 0 Å². The Hall–Kier alpha value is -2.94. The minimum Gasteiger partial charge on any atom is -0.486 e. The fraction of sp³-hybridized carbons (Fsp3) is 0.381. The van der Waals surface area contributed by atoms with Crippen molar-refractivity contribution in [2.45, 2.75) is 26.0 Å². The number of rotatable bonds is 4. The van der Waals surface area contributed by atoms with Crippen LogP contribution in [0, 0.1) is 6.92 Å². The number of anilines is 1. The lowest BCUT2D eigenvalue weighted by Gasteiger charge is -2.34. The van der Waals surface area contributed by atoms with Gasteiger partial charge in [0, 0.05) is 0 Å². The lowest BCUT2D eigenvalue weighted by molar-refractivity contribution is -0.128. The molecule has 0 aliphatic carbocycles. The Balaban J connectivity index is 1.53. The molecular formula is C21H24N2O6S. The van der Waals surface area contributed by atoms with E-state index in [9.17, 15) is 13.2 Å². The number of hydrogen-bond acceptors (Lipinski definition) is 6. The summed E-state index contributed by atoms with van der Waals surface area (Å²) in [5, 5.41) is 2.91. The molecule has 9 heteroatoms. The third kappa shape index (κ3) is 4.02. The van der Waals surface area contributed by atoms with Crippen molar-refractivity contribution in [1.82, 2.24) is 5.32 Å². The first-order chi connectivity index (χ1) is 14.2. The Kier molecular flexibility index (Phi) is 5.23. The minimum atomic E-state index is -3.57. The van der Waals surface area contributed by atoms with Gasteiger partial charge in [-0.3, -0.25) is 9.10 Å². The number of carbonyl (C=O) groups is 1. The molecule has 2 aliphatic rings. The summed E-state index contributed by atoms with van der Waals surface area (Å²) in [5.41, 5.74) is 2.20. The molecule has 0 saturated heterocycles. The zero-order valence-corrected chi connectivity index (χ0v) is 17.9. The van der Waals surface area contributed by atoms with Gasteiger partial charge >= 0.3 is 0 Å². The Labute approximate surface area is 175 Å². The van der Waals surface area contributed by atoms with E-state index in [-0.39, 0.29) is 12.6 Å². The molecule has 2 aromatic carbocycles. The third-order valence-electron chi connectivity index (χ3n) is 5.10. The van der Waals surface area contributed by atoms with Crippen molar-refractivity contribution < 1.29 is 27.4 Å². The molecule has 8 nitrogen and oxygen atoms in total. The summed E-state index contributed by atoms with van der Waals surface area (Å²) in [6.07, 6.45) is 0.159. The van der Waals surface area contributed by atoms with Crippen molar-refractivity contribution in [2.75, 3.05) is 30.3 Å². The normalized spacial score (nSPS) is 18.8. The van der Waals surface area contributed by atoms with Crippen LogP contribution in [-0.2, 0) is 14.8 Å². The summed E-state index contributed by atoms with van der Waals surface area (Å²) in [5.74, 6) is 1.29. The lowest BCUT2D eigenvalue weighted by atomic mass is 10.1. The molecule has 0 aromatic heterocycles. The molecule has 30 heavy (non-hydrogen) atoms. The molecule has 4 rings (SSSR count). The topological polar surface area (TPSA) is 94.2 Å². The zero-order valence-electron chi connectivity index (χ0n) is 17.0. The van der Waals surface area contributed by atoms with Gasteiger partial charge in [0.1, 0.15) is 19.0 Å². The highest BCUT2D eigenvalue weighted by atomic mass is 32.2. The number of amides is 1. The highest BCUT2D eigenvalue weighted by Gasteiger charge is 2.35. The fourth-order valence-electron chi connectivity index (χ4n) is 3.53. The zero-order chi connectivity index (χ0) is 21.5. The number of nitrogens with one attached hydrogen (secondary N) is 1. The minimum absolute atomic E-state index is 0.0883. The van der Waals surface area contributed by atoms with Crippen molar-refractivity contribution >= 4 is 21.6 Å². The average molecular weight is 432 g/mol. The van der Waals surface area contributed by atoms with Crippen LogP contribution < -0.4 is 23.8 Å². The van der Waals surface area contributed by atoms with Crippen LogP contribution in [0.2, 0.25) is 0 Å². The van der Waals surface area contributed by atoms with Crippen molar-refractivity contribution in [1.29, 1.82) is 0 Å². The van der Waals surface area contributed by atoms with Gasteiger partial charge in [0.25, 0.3) is 5.91 Å². The van der Waals surface area contributed by atoms with E-state index in [0.29, 0.717) is 36.1 Å². The molecule has 2 atom stereocenters. The Morgan fingerprint density at radius 3 is 2.53 bits per heavy atom. The molecule has 2 heterocycles. The molecular weight excluding hydrogens is 408 g/mol. The van der Waals surface area contributed by atoms with Gasteiger partial charge in [-0.25, -0.2) is 8.42 Å². The van der Waals surface area contributed by atoms with Gasteiger partial charge in [0.2, 0.25) is 10.0 Å². The van der Waals surface area contributed by atoms with Gasteiger partial charge < -0.3 is 19.5 Å². The van der Waals surface area contributed by atoms with Gasteiger partial charge in [-0.2, -0.15) is 0 Å². The predicted octanol–water partition coefficient (Wildman–Crippen LogP) is 2.17. The second-order valence-electron chi connectivity index (χ2n) is 7.51. The Bertz CT molecular complexity index is 1080. The van der Waals surface area contributed by atoms with E-state index >= 15 is 0 Å². The van der Waals surface area contributed by atoms with E-state index in [0.717, 1.165) is 17.4 Å². The molecule has 0 spiro atoms. The molecule has 0 bridgehead atoms. The van der Waals surface area contributed by atoms with Crippen LogP contribution in [0.15, 0.2) is 36.4 Å². The van der Waals surface area contributed by atoms with Crippen LogP contribution in [0.1, 0.15) is 24.1 Å². The number of fused-ring (bicyclic) bond motifs is 2. The number of aryl methyl sites for hydroxylation is 1. The smallest absolute Gasteiger partial charge is 0.263 e. The molecule has 2 aliphatic heterocycles. The number of ether oxygens (including phenoxy) is 3. The first kappa shape index (κ1) is 20.3. The monoisotopic (exact) mass is 432 g/mol. The van der Waals surface area contributed by atoms with Gasteiger partial charge in [-0.1, -0.05) is 12.1 Å². The summed E-state index contributed by atoms with van der Waals surface area (Å²) >= 11 is 0. The van der Waals surface area contributed by atoms with Crippen LogP contribution in [0.4, 0.5) is 5.69 Å². The summed E-state index contributed by atoms with van der Waals surface area (Å²) in [6.45, 7) is 4.62. The SMILES string of the molecule is Cc1ccc2c(c1)N(S(C)(=O)=O)C[C@H](C(=O)N[C@@H](C)c1ccc3c(c1)OCCO3)O2. The maximum absolute atomic E-state index is 12.9. The number of hydrogen-bond donors (Lipinski definition) is 1. The largest absolute Gasteiger partial charge is 0.486 e. The highest BCUT2D eigenvalue weighted by molar-refractivity contribution is 7.92. The fourth-order valence-corrected chi connectivity index (χ4v) is 4.44. The van der Waals surface area contributed by atoms with Crippen molar-refractivity contribution in [3.63, 3.8) is 0 Å². The number of nitrogens with zero attached hydrogens (tertiary/aromatic N) is 1. The van der Waals surface area contributed by atoms with Crippen LogP contribution >= 0.6 is 0 Å². The second kappa shape index (κ2) is 7.71. The highest BCUT2D eigenvalue weighted by Crippen LogP contribution is 2.36. The third-order valence-corrected chi connectivity index (χ3v) is 6.25. The van der Waals surface area contributed by atoms with Crippen LogP contribution in [0.5, 0.6) is 17.2 Å². The Morgan fingerprint density at radius 1 is 1.10 bits per heavy atom. The van der Waals surface area contributed by atoms with E-state index in [1.807, 2.05) is 38.1 Å². The van der Waals surface area contributed by atoms with E-state index in [1.54, 1.807) is 12.1 Å². The van der Waals surface area contributed by atoms with Gasteiger partial charge in [0.15, 0.2) is 17.6 Å². The van der Waals surface area contributed by atoms with Crippen LogP contribution in [-0.4, -0.2) is 46.4 Å². The molecule has 0 radical (unpaired) electrons. The van der Waals surface area contributed by atoms with Crippen LogP contribution in [0.3, 0.4) is 0 Å². The molecule has 0 fully saturated rings. The van der Waals surface area contributed by atoms with Crippen molar-refractivity contribution in [3.8, 4) is 17.2 Å². The van der Waals surface area contributed by atoms with E-state index in [2.05, 4.69) is 5.32 Å². The lowest BCUT2D eigenvalue weighted by Crippen LogP contribution is -2.50. The molecule has 0 saturated carbocycles. The maximum Gasteiger partial charge on any atom is 0.263 e. The molecule has 2 aromatic rings. The second-order valence-corrected chi connectivity index (χ2v) is 9.41. The molecule has 1 N–H and O–H groups in total. The Morgan fingerprint density at radius 2 is 1.80 bits per heavy atom. The molecule has 160 valence electrons. The quantitative estimate of drug-likeness (QED) is 0.796. The first-order valence-electron chi connectivity index (χ1n) is 9.67. The standard InChI is InChI=1S/C21H24N2O6S/c1-13-4-6-17-16(10-13)23(30(3,25)26)12-20(29-17)21(24)22-14(2)15-5-7-18-19(11-15)28-9-8-27-18/h4-7,10-11,14,20H,8-9,12H2,1-3H3,(H,22,24)/t14-,20+/m0/s1. The van der Waals surface area contributed by atoms with E-state index in [1.165, 1.54) is 4.31 Å². The van der Waals surface area contributed by atoms with Crippen molar-refractivity contribution in [3.05, 3.63) is 47.5 Å². The summed E-state index contributed by atoms with van der Waals surface area (Å²) in [4.78, 5) is 12.9. The summed E-state index contributed by atoms with van der Waals surface area (Å²) in [6, 6.07) is 10.4. The number of benzene rings is 2. The van der Waals surface area contributed by atoms with Gasteiger partial charge in [-0.05, 0) is 49.2 Å². The van der Waals surface area contributed by atoms with E-state index < -0.39 is 22.0 Å². The number of carbonyl (C=O) groups excluding carboxylic acids is 1. The van der Waals surface area contributed by atoms with Crippen LogP contribution in [0.25, 0.3) is 0 Å². The summed E-state index contributed by atoms with van der Waals surface area (Å²) in [7, 11) is -3.57. The maximum atomic E-state index is 12.9. The molecule has 1 amide bonds. The van der Waals surface area contributed by atoms with Gasteiger partial charge in [0.05, 0.1) is 24.5 Å². The average Bonchev–Trinajstić information content (AvgIpc) is 2.71. The molecule has 0 unspecified atom stereocenters. The number of sulfonamides is 1. The van der Waals surface area contributed by atoms with E-state index in [4.69, 9.17) is 14.2 Å².